The molecule has 3 aromatic rings. The summed E-state index contributed by atoms with van der Waals surface area (Å²) in [6.45, 7) is 0. The number of amides is 2. The minimum atomic E-state index is -4.54. The van der Waals surface area contributed by atoms with Gasteiger partial charge in [0.2, 0.25) is 6.17 Å². The number of para-hydroxylation sites is 1. The Balaban J connectivity index is 1.69. The summed E-state index contributed by atoms with van der Waals surface area (Å²) < 4.78 is 52.8. The van der Waals surface area contributed by atoms with E-state index in [-0.39, 0.29) is 16.8 Å². The number of rotatable bonds is 3. The molecule has 162 valence electrons. The third-order valence-corrected chi connectivity index (χ3v) is 4.82. The van der Waals surface area contributed by atoms with E-state index >= 15 is 0 Å². The van der Waals surface area contributed by atoms with E-state index in [9.17, 15) is 27.2 Å². The maximum atomic E-state index is 14.5. The summed E-state index contributed by atoms with van der Waals surface area (Å²) in [6, 6.07) is 16.1. The normalized spacial score (nSPS) is 15.8. The van der Waals surface area contributed by atoms with Crippen LogP contribution < -0.4 is 10.6 Å². The molecule has 1 aliphatic heterocycles. The molecule has 0 spiro atoms. The fourth-order valence-electron chi connectivity index (χ4n) is 3.24. The molecule has 0 aromatic heterocycles. The second-order valence-corrected chi connectivity index (χ2v) is 6.94. The third kappa shape index (κ3) is 4.22. The molecular weight excluding hydrogens is 426 g/mol. The van der Waals surface area contributed by atoms with Crippen LogP contribution in [-0.2, 0) is 11.0 Å². The number of carbonyl (C=O) groups is 2. The molecule has 0 saturated heterocycles. The summed E-state index contributed by atoms with van der Waals surface area (Å²) >= 11 is 0. The summed E-state index contributed by atoms with van der Waals surface area (Å²) in [5.41, 5.74) is 0.120. The highest BCUT2D eigenvalue weighted by atomic mass is 19.4. The zero-order chi connectivity index (χ0) is 22.9. The first-order valence-corrected chi connectivity index (χ1v) is 9.45. The van der Waals surface area contributed by atoms with E-state index < -0.39 is 35.5 Å². The van der Waals surface area contributed by atoms with Crippen molar-refractivity contribution in [3.8, 4) is 0 Å². The minimum Gasteiger partial charge on any atom is -0.322 e. The number of fused-ring (bicyclic) bond motifs is 1. The second kappa shape index (κ2) is 8.26. The smallest absolute Gasteiger partial charge is 0.322 e. The van der Waals surface area contributed by atoms with Crippen molar-refractivity contribution < 1.29 is 27.2 Å². The van der Waals surface area contributed by atoms with Crippen molar-refractivity contribution in [3.05, 3.63) is 101 Å². The highest BCUT2D eigenvalue weighted by Gasteiger charge is 2.31. The van der Waals surface area contributed by atoms with Crippen LogP contribution in [0.2, 0.25) is 0 Å². The zero-order valence-corrected chi connectivity index (χ0v) is 16.3. The van der Waals surface area contributed by atoms with Crippen LogP contribution in [0, 0.1) is 5.82 Å². The van der Waals surface area contributed by atoms with Crippen molar-refractivity contribution in [2.45, 2.75) is 12.3 Å². The molecule has 4 rings (SSSR count). The standard InChI is InChI=1S/C23H15F4N3O2/c24-17-7-3-1-5-15(17)19-16-6-2-4-8-18(16)28-22(32)20(29-19)30-21(31)13-9-11-14(12-10-13)23(25,26)27/h1-12,20H,(H,28,32)(H,30,31). The van der Waals surface area contributed by atoms with E-state index in [1.807, 2.05) is 0 Å². The van der Waals surface area contributed by atoms with Gasteiger partial charge in [0, 0.05) is 16.7 Å². The fraction of sp³-hybridized carbons (Fsp3) is 0.0870. The third-order valence-electron chi connectivity index (χ3n) is 4.82. The Morgan fingerprint density at radius 3 is 2.19 bits per heavy atom. The Hall–Kier alpha value is -4.01. The lowest BCUT2D eigenvalue weighted by Crippen LogP contribution is -2.42. The first-order valence-electron chi connectivity index (χ1n) is 9.45. The quantitative estimate of drug-likeness (QED) is 0.592. The van der Waals surface area contributed by atoms with Crippen molar-refractivity contribution in [1.82, 2.24) is 5.32 Å². The Labute approximate surface area is 179 Å². The van der Waals surface area contributed by atoms with Crippen LogP contribution in [0.25, 0.3) is 0 Å². The molecular formula is C23H15F4N3O2. The maximum absolute atomic E-state index is 14.5. The van der Waals surface area contributed by atoms with Crippen LogP contribution in [0.5, 0.6) is 0 Å². The van der Waals surface area contributed by atoms with Gasteiger partial charge in [0.25, 0.3) is 11.8 Å². The Kier molecular flexibility index (Phi) is 5.48. The van der Waals surface area contributed by atoms with Gasteiger partial charge in [-0.1, -0.05) is 30.3 Å². The molecule has 2 N–H and O–H groups in total. The molecule has 32 heavy (non-hydrogen) atoms. The number of aliphatic imine (C=N–C) groups is 1. The summed E-state index contributed by atoms with van der Waals surface area (Å²) in [5, 5.41) is 5.03. The lowest BCUT2D eigenvalue weighted by Gasteiger charge is -2.14. The first-order chi connectivity index (χ1) is 15.2. The number of anilines is 1. The van der Waals surface area contributed by atoms with E-state index in [0.717, 1.165) is 24.3 Å². The monoisotopic (exact) mass is 441 g/mol. The zero-order valence-electron chi connectivity index (χ0n) is 16.3. The van der Waals surface area contributed by atoms with Crippen molar-refractivity contribution in [2.75, 3.05) is 5.32 Å². The number of benzodiazepines with no additional fused rings is 1. The van der Waals surface area contributed by atoms with E-state index in [2.05, 4.69) is 15.6 Å². The van der Waals surface area contributed by atoms with Gasteiger partial charge in [-0.25, -0.2) is 9.38 Å². The van der Waals surface area contributed by atoms with Gasteiger partial charge in [0.1, 0.15) is 5.82 Å². The largest absolute Gasteiger partial charge is 0.416 e. The van der Waals surface area contributed by atoms with Gasteiger partial charge in [-0.15, -0.1) is 0 Å². The van der Waals surface area contributed by atoms with Gasteiger partial charge < -0.3 is 10.6 Å². The van der Waals surface area contributed by atoms with Crippen LogP contribution in [0.1, 0.15) is 27.0 Å². The summed E-state index contributed by atoms with van der Waals surface area (Å²) in [5.74, 6) is -2.05. The summed E-state index contributed by atoms with van der Waals surface area (Å²) in [4.78, 5) is 29.6. The van der Waals surface area contributed by atoms with Crippen LogP contribution in [0.15, 0.2) is 77.8 Å². The molecule has 1 atom stereocenters. The van der Waals surface area contributed by atoms with Gasteiger partial charge >= 0.3 is 6.18 Å². The van der Waals surface area contributed by atoms with E-state index in [1.165, 1.54) is 18.2 Å². The van der Waals surface area contributed by atoms with E-state index in [1.54, 1.807) is 30.3 Å². The molecule has 0 aliphatic carbocycles. The lowest BCUT2D eigenvalue weighted by molar-refractivity contribution is -0.137. The fourth-order valence-corrected chi connectivity index (χ4v) is 3.24. The molecule has 0 fully saturated rings. The number of hydrogen-bond donors (Lipinski definition) is 2. The van der Waals surface area contributed by atoms with Crippen LogP contribution in [0.3, 0.4) is 0 Å². The molecule has 0 radical (unpaired) electrons. The Bertz CT molecular complexity index is 1220. The first kappa shape index (κ1) is 21.2. The molecule has 0 bridgehead atoms. The van der Waals surface area contributed by atoms with Gasteiger partial charge in [0.05, 0.1) is 17.0 Å². The van der Waals surface area contributed by atoms with Crippen molar-refractivity contribution in [1.29, 1.82) is 0 Å². The second-order valence-electron chi connectivity index (χ2n) is 6.94. The number of hydrogen-bond acceptors (Lipinski definition) is 3. The number of nitrogens with zero attached hydrogens (tertiary/aromatic N) is 1. The Morgan fingerprint density at radius 2 is 1.53 bits per heavy atom. The van der Waals surface area contributed by atoms with Gasteiger partial charge in [-0.05, 0) is 42.5 Å². The number of halogens is 4. The molecule has 5 nitrogen and oxygen atoms in total. The van der Waals surface area contributed by atoms with Crippen LogP contribution in [-0.4, -0.2) is 23.7 Å². The molecule has 1 heterocycles. The molecule has 9 heteroatoms. The number of carbonyl (C=O) groups excluding carboxylic acids is 2. The SMILES string of the molecule is O=C(NC1N=C(c2ccccc2F)c2ccccc2NC1=O)c1ccc(C(F)(F)F)cc1. The Morgan fingerprint density at radius 1 is 0.906 bits per heavy atom. The highest BCUT2D eigenvalue weighted by Crippen LogP contribution is 2.29. The number of benzene rings is 3. The van der Waals surface area contributed by atoms with Crippen LogP contribution >= 0.6 is 0 Å². The number of nitrogens with one attached hydrogen (secondary N) is 2. The van der Waals surface area contributed by atoms with Crippen LogP contribution in [0.4, 0.5) is 23.2 Å². The van der Waals surface area contributed by atoms with Gasteiger partial charge in [0.15, 0.2) is 0 Å². The predicted molar refractivity (Wildman–Crippen MR) is 110 cm³/mol. The minimum absolute atomic E-state index is 0.0878. The van der Waals surface area contributed by atoms with E-state index in [0.29, 0.717) is 11.3 Å². The summed E-state index contributed by atoms with van der Waals surface area (Å²) in [7, 11) is 0. The number of alkyl halides is 3. The lowest BCUT2D eigenvalue weighted by atomic mass is 10.0. The molecule has 0 saturated carbocycles. The van der Waals surface area contributed by atoms with Gasteiger partial charge in [-0.2, -0.15) is 13.2 Å². The average molecular weight is 441 g/mol. The van der Waals surface area contributed by atoms with Crippen molar-refractivity contribution in [3.63, 3.8) is 0 Å². The topological polar surface area (TPSA) is 70.6 Å². The molecule has 2 amide bonds. The molecule has 1 unspecified atom stereocenters. The average Bonchev–Trinajstić information content (AvgIpc) is 2.90. The summed E-state index contributed by atoms with van der Waals surface area (Å²) in [6.07, 6.45) is -5.98. The van der Waals surface area contributed by atoms with E-state index in [4.69, 9.17) is 0 Å². The maximum Gasteiger partial charge on any atom is 0.416 e. The predicted octanol–water partition coefficient (Wildman–Crippen LogP) is 4.39. The molecule has 3 aromatic carbocycles. The van der Waals surface area contributed by atoms with Gasteiger partial charge in [-0.3, -0.25) is 9.59 Å². The van der Waals surface area contributed by atoms with Crippen molar-refractivity contribution in [2.24, 2.45) is 4.99 Å². The molecule has 1 aliphatic rings. The van der Waals surface area contributed by atoms with Crippen molar-refractivity contribution >= 4 is 23.2 Å². The highest BCUT2D eigenvalue weighted by molar-refractivity contribution is 6.20.